The Bertz CT molecular complexity index is 681. The van der Waals surface area contributed by atoms with E-state index in [1.165, 1.54) is 7.11 Å². The maximum absolute atomic E-state index is 13.7. The van der Waals surface area contributed by atoms with E-state index in [1.54, 1.807) is 6.92 Å². The van der Waals surface area contributed by atoms with Crippen molar-refractivity contribution in [2.75, 3.05) is 20.4 Å². The summed E-state index contributed by atoms with van der Waals surface area (Å²) in [7, 11) is 1.26. The Morgan fingerprint density at radius 3 is 2.50 bits per heavy atom. The number of hydrogen-bond donors (Lipinski definition) is 1. The first-order valence-electron chi connectivity index (χ1n) is 8.85. The predicted octanol–water partition coefficient (Wildman–Crippen LogP) is 4.05. The largest absolute Gasteiger partial charge is 0.466 e. The summed E-state index contributed by atoms with van der Waals surface area (Å²) < 4.78 is 24.9. The lowest BCUT2D eigenvalue weighted by Gasteiger charge is -2.33. The van der Waals surface area contributed by atoms with Crippen LogP contribution in [0.1, 0.15) is 46.0 Å². The Morgan fingerprint density at radius 2 is 1.92 bits per heavy atom. The second kappa shape index (κ2) is 9.35. The molecular weight excluding hydrogens is 405 g/mol. The van der Waals surface area contributed by atoms with Gasteiger partial charge in [-0.05, 0) is 49.1 Å². The molecule has 0 fully saturated rings. The van der Waals surface area contributed by atoms with Crippen LogP contribution >= 0.6 is 15.9 Å². The van der Waals surface area contributed by atoms with E-state index in [9.17, 15) is 14.0 Å². The lowest BCUT2D eigenvalue weighted by molar-refractivity contribution is -0.139. The van der Waals surface area contributed by atoms with E-state index in [1.807, 2.05) is 6.92 Å². The lowest BCUT2D eigenvalue weighted by atomic mass is 9.76. The molecule has 0 bridgehead atoms. The van der Waals surface area contributed by atoms with Crippen molar-refractivity contribution in [2.45, 2.75) is 46.0 Å². The van der Waals surface area contributed by atoms with Crippen LogP contribution in [0.5, 0.6) is 0 Å². The summed E-state index contributed by atoms with van der Waals surface area (Å²) in [6.45, 7) is 3.05. The van der Waals surface area contributed by atoms with Crippen LogP contribution in [0.4, 0.5) is 4.39 Å². The molecule has 0 aromatic rings. The van der Waals surface area contributed by atoms with E-state index in [4.69, 9.17) is 9.47 Å². The number of carbonyl (C=O) groups is 2. The quantitative estimate of drug-likeness (QED) is 0.645. The van der Waals surface area contributed by atoms with Gasteiger partial charge in [-0.2, -0.15) is 0 Å². The normalized spacial score (nSPS) is 20.9. The molecule has 2 aliphatic rings. The summed E-state index contributed by atoms with van der Waals surface area (Å²) in [5, 5.41) is 2.87. The van der Waals surface area contributed by atoms with Crippen molar-refractivity contribution in [1.82, 2.24) is 5.32 Å². The van der Waals surface area contributed by atoms with Gasteiger partial charge in [0.05, 0.1) is 30.6 Å². The molecule has 26 heavy (non-hydrogen) atoms. The van der Waals surface area contributed by atoms with Gasteiger partial charge in [0.1, 0.15) is 6.67 Å². The fourth-order valence-electron chi connectivity index (χ4n) is 3.44. The van der Waals surface area contributed by atoms with Crippen molar-refractivity contribution in [2.24, 2.45) is 5.92 Å². The topological polar surface area (TPSA) is 64.6 Å². The van der Waals surface area contributed by atoms with E-state index in [-0.39, 0.29) is 17.9 Å². The van der Waals surface area contributed by atoms with E-state index in [0.717, 1.165) is 35.7 Å². The molecule has 144 valence electrons. The predicted molar refractivity (Wildman–Crippen MR) is 100 cm³/mol. The van der Waals surface area contributed by atoms with Gasteiger partial charge in [0.25, 0.3) is 0 Å². The van der Waals surface area contributed by atoms with Crippen LogP contribution in [0, 0.1) is 5.92 Å². The van der Waals surface area contributed by atoms with Crippen LogP contribution in [0.25, 0.3) is 0 Å². The number of dihydropyridines is 1. The molecule has 0 saturated heterocycles. The number of ether oxygens (including phenoxy) is 2. The molecular formula is C19H25BrFNO4. The molecule has 1 aliphatic heterocycles. The fourth-order valence-corrected chi connectivity index (χ4v) is 4.14. The molecule has 1 aliphatic carbocycles. The van der Waals surface area contributed by atoms with Gasteiger partial charge in [-0.15, -0.1) is 0 Å². The van der Waals surface area contributed by atoms with Crippen molar-refractivity contribution in [1.29, 1.82) is 0 Å². The van der Waals surface area contributed by atoms with Gasteiger partial charge in [0.2, 0.25) is 0 Å². The smallest absolute Gasteiger partial charge is 0.336 e. The molecule has 0 amide bonds. The van der Waals surface area contributed by atoms with Crippen LogP contribution in [-0.2, 0) is 19.1 Å². The Balaban J connectivity index is 2.61. The summed E-state index contributed by atoms with van der Waals surface area (Å²) in [6, 6.07) is 0. The summed E-state index contributed by atoms with van der Waals surface area (Å²) in [5.41, 5.74) is 2.08. The number of methoxy groups -OCH3 is 1. The second-order valence-electron chi connectivity index (χ2n) is 6.39. The Morgan fingerprint density at radius 1 is 1.23 bits per heavy atom. The highest BCUT2D eigenvalue weighted by molar-refractivity contribution is 9.11. The van der Waals surface area contributed by atoms with Crippen LogP contribution in [-0.4, -0.2) is 32.3 Å². The Hall–Kier alpha value is -1.63. The number of halogens is 2. The number of allylic oxidation sites excluding steroid dienone is 4. The first-order chi connectivity index (χ1) is 12.5. The van der Waals surface area contributed by atoms with Crippen molar-refractivity contribution < 1.29 is 23.5 Å². The molecule has 5 nitrogen and oxygen atoms in total. The highest BCUT2D eigenvalue weighted by Gasteiger charge is 2.40. The molecule has 1 unspecified atom stereocenters. The molecule has 0 saturated carbocycles. The zero-order valence-corrected chi connectivity index (χ0v) is 17.0. The third-order valence-corrected chi connectivity index (χ3v) is 5.54. The van der Waals surface area contributed by atoms with E-state index >= 15 is 0 Å². The summed E-state index contributed by atoms with van der Waals surface area (Å²) in [6.07, 6.45) is 4.22. The zero-order chi connectivity index (χ0) is 19.3. The summed E-state index contributed by atoms with van der Waals surface area (Å²) in [5.74, 6) is -1.78. The zero-order valence-electron chi connectivity index (χ0n) is 15.4. The first kappa shape index (κ1) is 20.7. The summed E-state index contributed by atoms with van der Waals surface area (Å²) in [4.78, 5) is 25.2. The van der Waals surface area contributed by atoms with Crippen molar-refractivity contribution >= 4 is 27.9 Å². The Kier molecular flexibility index (Phi) is 7.43. The van der Waals surface area contributed by atoms with Crippen molar-refractivity contribution in [3.05, 3.63) is 32.6 Å². The molecule has 7 heteroatoms. The van der Waals surface area contributed by atoms with Gasteiger partial charge in [-0.1, -0.05) is 22.9 Å². The summed E-state index contributed by atoms with van der Waals surface area (Å²) >= 11 is 3.60. The van der Waals surface area contributed by atoms with Gasteiger partial charge in [0, 0.05) is 11.6 Å². The minimum absolute atomic E-state index is 0.143. The van der Waals surface area contributed by atoms with E-state index in [0.29, 0.717) is 17.7 Å². The highest BCUT2D eigenvalue weighted by atomic mass is 79.9. The standard InChI is InChI=1S/C19H25BrFNO4/c1-4-9-26-19(24)15-11(2)22-14(10-21)17(18(23)25-3)16(15)12-7-5-6-8-13(12)20/h16,22H,4-10H2,1-3H3. The molecule has 0 radical (unpaired) electrons. The van der Waals surface area contributed by atoms with Crippen LogP contribution in [0.15, 0.2) is 32.6 Å². The van der Waals surface area contributed by atoms with Gasteiger partial charge >= 0.3 is 11.9 Å². The fraction of sp³-hybridized carbons (Fsp3) is 0.579. The van der Waals surface area contributed by atoms with Gasteiger partial charge < -0.3 is 14.8 Å². The SMILES string of the molecule is CCCOC(=O)C1=C(C)NC(CF)=C(C(=O)OC)C1C1=C(Br)CCCC1. The highest BCUT2D eigenvalue weighted by Crippen LogP contribution is 2.43. The maximum atomic E-state index is 13.7. The Labute approximate surface area is 161 Å². The second-order valence-corrected chi connectivity index (χ2v) is 7.34. The molecule has 0 spiro atoms. The minimum Gasteiger partial charge on any atom is -0.466 e. The van der Waals surface area contributed by atoms with Gasteiger partial charge in [-0.3, -0.25) is 0 Å². The van der Waals surface area contributed by atoms with Crippen molar-refractivity contribution in [3.63, 3.8) is 0 Å². The number of alkyl halides is 1. The number of nitrogens with one attached hydrogen (secondary N) is 1. The minimum atomic E-state index is -0.847. The molecule has 2 rings (SSSR count). The molecule has 1 atom stereocenters. The molecule has 0 aromatic heterocycles. The van der Waals surface area contributed by atoms with Gasteiger partial charge in [-0.25, -0.2) is 14.0 Å². The van der Waals surface area contributed by atoms with E-state index < -0.39 is 24.5 Å². The lowest BCUT2D eigenvalue weighted by Crippen LogP contribution is -2.36. The number of rotatable bonds is 6. The van der Waals surface area contributed by atoms with Crippen LogP contribution in [0.3, 0.4) is 0 Å². The van der Waals surface area contributed by atoms with Crippen LogP contribution in [0.2, 0.25) is 0 Å². The third-order valence-electron chi connectivity index (χ3n) is 4.63. The first-order valence-corrected chi connectivity index (χ1v) is 9.65. The average molecular weight is 430 g/mol. The number of esters is 2. The number of carbonyl (C=O) groups excluding carboxylic acids is 2. The monoisotopic (exact) mass is 429 g/mol. The average Bonchev–Trinajstić information content (AvgIpc) is 2.64. The molecule has 1 N–H and O–H groups in total. The maximum Gasteiger partial charge on any atom is 0.336 e. The van der Waals surface area contributed by atoms with E-state index in [2.05, 4.69) is 21.2 Å². The van der Waals surface area contributed by atoms with Crippen LogP contribution < -0.4 is 5.32 Å². The van der Waals surface area contributed by atoms with Crippen molar-refractivity contribution in [3.8, 4) is 0 Å². The molecule has 1 heterocycles. The van der Waals surface area contributed by atoms with Gasteiger partial charge in [0.15, 0.2) is 0 Å². The third kappa shape index (κ3) is 4.19. The number of hydrogen-bond acceptors (Lipinski definition) is 5. The molecule has 0 aromatic carbocycles.